The number of pyridine rings is 1. The number of aromatic nitrogens is 3. The third-order valence-corrected chi connectivity index (χ3v) is 5.99. The molecular formula is C25H21ClN4O. The van der Waals surface area contributed by atoms with Crippen molar-refractivity contribution in [3.63, 3.8) is 0 Å². The van der Waals surface area contributed by atoms with E-state index in [-0.39, 0.29) is 17.7 Å². The quantitative estimate of drug-likeness (QED) is 0.469. The lowest BCUT2D eigenvalue weighted by Crippen LogP contribution is -2.25. The van der Waals surface area contributed by atoms with E-state index < -0.39 is 0 Å². The third kappa shape index (κ3) is 4.09. The molecule has 0 spiro atoms. The van der Waals surface area contributed by atoms with Crippen LogP contribution in [0.4, 0.5) is 0 Å². The first-order valence-corrected chi connectivity index (χ1v) is 10.6. The lowest BCUT2D eigenvalue weighted by Gasteiger charge is -2.06. The highest BCUT2D eigenvalue weighted by molar-refractivity contribution is 6.31. The van der Waals surface area contributed by atoms with Crippen LogP contribution in [0, 0.1) is 5.92 Å². The number of hydrogen-bond acceptors (Lipinski definition) is 3. The Labute approximate surface area is 185 Å². The molecule has 5 rings (SSSR count). The molecule has 5 nitrogen and oxygen atoms in total. The molecule has 4 aromatic rings. The summed E-state index contributed by atoms with van der Waals surface area (Å²) in [6.07, 6.45) is 6.30. The molecule has 1 aliphatic rings. The number of rotatable bonds is 6. The summed E-state index contributed by atoms with van der Waals surface area (Å²) in [7, 11) is 0. The summed E-state index contributed by atoms with van der Waals surface area (Å²) in [5.41, 5.74) is 4.78. The van der Waals surface area contributed by atoms with Gasteiger partial charge in [-0.15, -0.1) is 0 Å². The van der Waals surface area contributed by atoms with E-state index in [1.165, 1.54) is 0 Å². The molecule has 0 aliphatic heterocycles. The van der Waals surface area contributed by atoms with Crippen LogP contribution in [0.2, 0.25) is 5.02 Å². The second-order valence-electron chi connectivity index (χ2n) is 7.71. The van der Waals surface area contributed by atoms with Crippen LogP contribution < -0.4 is 5.32 Å². The molecule has 1 aliphatic carbocycles. The number of hydrogen-bond donors (Lipinski definition) is 1. The zero-order chi connectivity index (χ0) is 21.2. The molecule has 1 N–H and O–H groups in total. The summed E-state index contributed by atoms with van der Waals surface area (Å²) < 4.78 is 1.85. The van der Waals surface area contributed by atoms with Crippen molar-refractivity contribution in [2.45, 2.75) is 18.9 Å². The van der Waals surface area contributed by atoms with Crippen LogP contribution in [-0.4, -0.2) is 20.7 Å². The zero-order valence-corrected chi connectivity index (χ0v) is 17.5. The van der Waals surface area contributed by atoms with Gasteiger partial charge in [0.2, 0.25) is 5.91 Å². The number of carbonyl (C=O) groups excluding carboxylic acids is 1. The van der Waals surface area contributed by atoms with E-state index in [0.29, 0.717) is 6.54 Å². The van der Waals surface area contributed by atoms with E-state index in [1.54, 1.807) is 12.4 Å². The molecule has 1 saturated carbocycles. The molecule has 1 amide bonds. The normalized spacial score (nSPS) is 17.3. The third-order valence-electron chi connectivity index (χ3n) is 5.65. The van der Waals surface area contributed by atoms with Crippen molar-refractivity contribution in [1.29, 1.82) is 0 Å². The average molecular weight is 429 g/mol. The van der Waals surface area contributed by atoms with Crippen LogP contribution in [-0.2, 0) is 11.3 Å². The molecular weight excluding hydrogens is 408 g/mol. The maximum Gasteiger partial charge on any atom is 0.224 e. The predicted octanol–water partition coefficient (Wildman–Crippen LogP) is 5.01. The monoisotopic (exact) mass is 428 g/mol. The van der Waals surface area contributed by atoms with E-state index >= 15 is 0 Å². The van der Waals surface area contributed by atoms with Gasteiger partial charge in [0.1, 0.15) is 0 Å². The number of nitrogens with zero attached hydrogens (tertiary/aromatic N) is 3. The van der Waals surface area contributed by atoms with Crippen molar-refractivity contribution in [3.8, 4) is 16.9 Å². The molecule has 0 saturated heterocycles. The van der Waals surface area contributed by atoms with Crippen molar-refractivity contribution < 1.29 is 4.79 Å². The van der Waals surface area contributed by atoms with E-state index in [9.17, 15) is 4.79 Å². The molecule has 2 aromatic carbocycles. The second-order valence-corrected chi connectivity index (χ2v) is 8.11. The van der Waals surface area contributed by atoms with Gasteiger partial charge in [-0.3, -0.25) is 9.78 Å². The van der Waals surface area contributed by atoms with Gasteiger partial charge in [-0.2, -0.15) is 5.10 Å². The maximum atomic E-state index is 12.8. The first-order valence-electron chi connectivity index (χ1n) is 10.3. The fourth-order valence-electron chi connectivity index (χ4n) is 3.92. The SMILES string of the molecule is O=C(NCc1cn(-c2ccccc2)nc1-c1ccncc1)C1CC1c1ccccc1Cl. The topological polar surface area (TPSA) is 59.8 Å². The highest BCUT2D eigenvalue weighted by Gasteiger charge is 2.44. The Bertz CT molecular complexity index is 1210. The molecule has 31 heavy (non-hydrogen) atoms. The van der Waals surface area contributed by atoms with Crippen LogP contribution in [0.3, 0.4) is 0 Å². The van der Waals surface area contributed by atoms with Gasteiger partial charge in [-0.05, 0) is 48.2 Å². The first-order chi connectivity index (χ1) is 15.2. The van der Waals surface area contributed by atoms with Gasteiger partial charge in [-0.25, -0.2) is 4.68 Å². The van der Waals surface area contributed by atoms with Crippen LogP contribution in [0.5, 0.6) is 0 Å². The molecule has 154 valence electrons. The second kappa shape index (κ2) is 8.36. The van der Waals surface area contributed by atoms with E-state index in [1.807, 2.05) is 77.6 Å². The highest BCUT2D eigenvalue weighted by atomic mass is 35.5. The van der Waals surface area contributed by atoms with Crippen molar-refractivity contribution >= 4 is 17.5 Å². The summed E-state index contributed by atoms with van der Waals surface area (Å²) in [6.45, 7) is 0.412. The molecule has 0 bridgehead atoms. The standard InChI is InChI=1S/C25H21ClN4O/c26-23-9-5-4-8-20(23)21-14-22(21)25(31)28-15-18-16-30(19-6-2-1-3-7-19)29-24(18)17-10-12-27-13-11-17/h1-13,16,21-22H,14-15H2,(H,28,31). The van der Waals surface area contributed by atoms with Crippen molar-refractivity contribution in [2.75, 3.05) is 0 Å². The summed E-state index contributed by atoms with van der Waals surface area (Å²) >= 11 is 6.30. The summed E-state index contributed by atoms with van der Waals surface area (Å²) in [4.78, 5) is 16.9. The smallest absolute Gasteiger partial charge is 0.224 e. The maximum absolute atomic E-state index is 12.8. The molecule has 2 unspecified atom stereocenters. The Morgan fingerprint density at radius 1 is 1.03 bits per heavy atom. The molecule has 1 fully saturated rings. The van der Waals surface area contributed by atoms with Gasteiger partial charge in [-0.1, -0.05) is 48.0 Å². The number of amides is 1. The van der Waals surface area contributed by atoms with Gasteiger partial charge < -0.3 is 5.32 Å². The Balaban J connectivity index is 1.35. The van der Waals surface area contributed by atoms with Crippen LogP contribution in [0.25, 0.3) is 16.9 Å². The van der Waals surface area contributed by atoms with Gasteiger partial charge in [0.05, 0.1) is 11.4 Å². The molecule has 0 radical (unpaired) electrons. The highest BCUT2D eigenvalue weighted by Crippen LogP contribution is 2.49. The summed E-state index contributed by atoms with van der Waals surface area (Å²) in [5.74, 6) is 0.215. The minimum absolute atomic E-state index is 0.0338. The van der Waals surface area contributed by atoms with Crippen LogP contribution >= 0.6 is 11.6 Å². The van der Waals surface area contributed by atoms with Gasteiger partial charge >= 0.3 is 0 Å². The van der Waals surface area contributed by atoms with E-state index in [0.717, 1.165) is 39.5 Å². The number of carbonyl (C=O) groups is 1. The summed E-state index contributed by atoms with van der Waals surface area (Å²) in [6, 6.07) is 21.6. The lowest BCUT2D eigenvalue weighted by molar-refractivity contribution is -0.122. The van der Waals surface area contributed by atoms with Crippen LogP contribution in [0.15, 0.2) is 85.3 Å². The van der Waals surface area contributed by atoms with Gasteiger partial charge in [0.15, 0.2) is 0 Å². The minimum atomic E-state index is -0.0338. The van der Waals surface area contributed by atoms with Crippen LogP contribution in [0.1, 0.15) is 23.5 Å². The lowest BCUT2D eigenvalue weighted by atomic mass is 10.1. The average Bonchev–Trinajstić information content (AvgIpc) is 3.50. The minimum Gasteiger partial charge on any atom is -0.352 e. The van der Waals surface area contributed by atoms with Gasteiger partial charge in [0.25, 0.3) is 0 Å². The zero-order valence-electron chi connectivity index (χ0n) is 16.8. The largest absolute Gasteiger partial charge is 0.352 e. The Morgan fingerprint density at radius 2 is 1.77 bits per heavy atom. The number of para-hydroxylation sites is 1. The van der Waals surface area contributed by atoms with Crippen molar-refractivity contribution in [3.05, 3.63) is 101 Å². The Kier molecular flexibility index (Phi) is 5.26. The molecule has 2 atom stereocenters. The van der Waals surface area contributed by atoms with E-state index in [4.69, 9.17) is 16.7 Å². The molecule has 6 heteroatoms. The first kappa shape index (κ1) is 19.5. The number of halogens is 1. The fraction of sp³-hybridized carbons (Fsp3) is 0.160. The van der Waals surface area contributed by atoms with E-state index in [2.05, 4.69) is 10.3 Å². The Morgan fingerprint density at radius 3 is 2.55 bits per heavy atom. The van der Waals surface area contributed by atoms with Crippen molar-refractivity contribution in [2.24, 2.45) is 5.92 Å². The molecule has 2 aromatic heterocycles. The molecule has 2 heterocycles. The number of benzene rings is 2. The fourth-order valence-corrected chi connectivity index (χ4v) is 4.20. The van der Waals surface area contributed by atoms with Crippen molar-refractivity contribution in [1.82, 2.24) is 20.1 Å². The number of nitrogens with one attached hydrogen (secondary N) is 1. The Hall–Kier alpha value is -3.44. The summed E-state index contributed by atoms with van der Waals surface area (Å²) in [5, 5.41) is 8.62. The predicted molar refractivity (Wildman–Crippen MR) is 121 cm³/mol. The van der Waals surface area contributed by atoms with Gasteiger partial charge in [0, 0.05) is 47.2 Å².